The van der Waals surface area contributed by atoms with Gasteiger partial charge in [0.05, 0.1) is 12.1 Å². The van der Waals surface area contributed by atoms with Gasteiger partial charge in [-0.1, -0.05) is 0 Å². The maximum absolute atomic E-state index is 12.1. The van der Waals surface area contributed by atoms with Crippen LogP contribution < -0.4 is 10.1 Å². The number of amides is 1. The van der Waals surface area contributed by atoms with Crippen LogP contribution in [0.5, 0.6) is 5.75 Å². The standard InChI is InChI=1S/C14H18N2O4/c1-14(2,13(18)19)15-9-4-5-10-11(8-9)20-7-6-16(3)12(10)17/h4-5,8,15H,6-7H2,1-3H3,(H,18,19). The highest BCUT2D eigenvalue weighted by Crippen LogP contribution is 2.28. The Bertz CT molecular complexity index is 554. The maximum atomic E-state index is 12.1. The van der Waals surface area contributed by atoms with E-state index in [1.165, 1.54) is 0 Å². The summed E-state index contributed by atoms with van der Waals surface area (Å²) in [4.78, 5) is 24.8. The van der Waals surface area contributed by atoms with Gasteiger partial charge in [0.1, 0.15) is 17.9 Å². The highest BCUT2D eigenvalue weighted by molar-refractivity contribution is 5.97. The van der Waals surface area contributed by atoms with E-state index in [-0.39, 0.29) is 5.91 Å². The van der Waals surface area contributed by atoms with Crippen LogP contribution in [0.4, 0.5) is 5.69 Å². The molecule has 0 fully saturated rings. The third-order valence-corrected chi connectivity index (χ3v) is 3.23. The van der Waals surface area contributed by atoms with E-state index >= 15 is 0 Å². The summed E-state index contributed by atoms with van der Waals surface area (Å²) < 4.78 is 5.55. The number of nitrogens with one attached hydrogen (secondary N) is 1. The summed E-state index contributed by atoms with van der Waals surface area (Å²) in [6, 6.07) is 5.00. The first-order valence-corrected chi connectivity index (χ1v) is 6.35. The quantitative estimate of drug-likeness (QED) is 0.874. The number of ether oxygens (including phenoxy) is 1. The molecule has 1 heterocycles. The molecule has 108 valence electrons. The van der Waals surface area contributed by atoms with Crippen LogP contribution in [0, 0.1) is 0 Å². The molecule has 1 aliphatic heterocycles. The number of hydrogen-bond acceptors (Lipinski definition) is 4. The molecule has 0 spiro atoms. The Hall–Kier alpha value is -2.24. The van der Waals surface area contributed by atoms with E-state index in [4.69, 9.17) is 9.84 Å². The molecule has 0 radical (unpaired) electrons. The van der Waals surface area contributed by atoms with Gasteiger partial charge in [-0.05, 0) is 26.0 Å². The normalized spacial score (nSPS) is 15.2. The largest absolute Gasteiger partial charge is 0.491 e. The second kappa shape index (κ2) is 5.03. The third kappa shape index (κ3) is 2.68. The summed E-state index contributed by atoms with van der Waals surface area (Å²) in [5.41, 5.74) is -0.00284. The van der Waals surface area contributed by atoms with Crippen LogP contribution in [-0.2, 0) is 4.79 Å². The fourth-order valence-electron chi connectivity index (χ4n) is 1.91. The van der Waals surface area contributed by atoms with Crippen LogP contribution in [-0.4, -0.2) is 47.6 Å². The molecule has 0 atom stereocenters. The third-order valence-electron chi connectivity index (χ3n) is 3.23. The molecule has 6 nitrogen and oxygen atoms in total. The zero-order valence-corrected chi connectivity index (χ0v) is 11.8. The lowest BCUT2D eigenvalue weighted by atomic mass is 10.0. The smallest absolute Gasteiger partial charge is 0.328 e. The number of nitrogens with zero attached hydrogens (tertiary/aromatic N) is 1. The average Bonchev–Trinajstić information content (AvgIpc) is 2.49. The van der Waals surface area contributed by atoms with Crippen LogP contribution in [0.25, 0.3) is 0 Å². The molecular formula is C14H18N2O4. The molecule has 0 unspecified atom stereocenters. The second-order valence-electron chi connectivity index (χ2n) is 5.34. The maximum Gasteiger partial charge on any atom is 0.328 e. The number of carbonyl (C=O) groups is 2. The number of fused-ring (bicyclic) bond motifs is 1. The molecule has 0 saturated carbocycles. The SMILES string of the molecule is CN1CCOc2cc(NC(C)(C)C(=O)O)ccc2C1=O. The van der Waals surface area contributed by atoms with Crippen LogP contribution in [0.2, 0.25) is 0 Å². The zero-order chi connectivity index (χ0) is 14.9. The summed E-state index contributed by atoms with van der Waals surface area (Å²) in [5.74, 6) is -0.573. The number of likely N-dealkylation sites (N-methyl/N-ethyl adjacent to an activating group) is 1. The first kappa shape index (κ1) is 14.2. The fourth-order valence-corrected chi connectivity index (χ4v) is 1.91. The molecule has 1 amide bonds. The van der Waals surface area contributed by atoms with Crippen molar-refractivity contribution in [1.82, 2.24) is 4.90 Å². The Labute approximate surface area is 117 Å². The first-order valence-electron chi connectivity index (χ1n) is 6.35. The van der Waals surface area contributed by atoms with Gasteiger partial charge in [0, 0.05) is 18.8 Å². The summed E-state index contributed by atoms with van der Waals surface area (Å²) in [5, 5.41) is 12.0. The van der Waals surface area contributed by atoms with Gasteiger partial charge < -0.3 is 20.1 Å². The minimum absolute atomic E-state index is 0.0958. The van der Waals surface area contributed by atoms with Crippen LogP contribution in [0.3, 0.4) is 0 Å². The average molecular weight is 278 g/mol. The number of benzene rings is 1. The van der Waals surface area contributed by atoms with Crippen molar-refractivity contribution in [3.63, 3.8) is 0 Å². The van der Waals surface area contributed by atoms with Gasteiger partial charge >= 0.3 is 5.97 Å². The van der Waals surface area contributed by atoms with Crippen molar-refractivity contribution in [2.45, 2.75) is 19.4 Å². The number of rotatable bonds is 3. The minimum Gasteiger partial charge on any atom is -0.491 e. The number of hydrogen-bond donors (Lipinski definition) is 2. The Morgan fingerprint density at radius 3 is 2.80 bits per heavy atom. The number of carboxylic acid groups (broad SMARTS) is 1. The van der Waals surface area contributed by atoms with Crippen molar-refractivity contribution in [3.05, 3.63) is 23.8 Å². The molecule has 20 heavy (non-hydrogen) atoms. The van der Waals surface area contributed by atoms with Crippen LogP contribution >= 0.6 is 0 Å². The van der Waals surface area contributed by atoms with Gasteiger partial charge in [-0.25, -0.2) is 4.79 Å². The van der Waals surface area contributed by atoms with E-state index in [2.05, 4.69) is 5.32 Å². The van der Waals surface area contributed by atoms with E-state index in [1.54, 1.807) is 44.0 Å². The highest BCUT2D eigenvalue weighted by Gasteiger charge is 2.27. The molecule has 0 saturated heterocycles. The molecule has 1 aromatic carbocycles. The highest BCUT2D eigenvalue weighted by atomic mass is 16.5. The Balaban J connectivity index is 2.31. The topological polar surface area (TPSA) is 78.9 Å². The fraction of sp³-hybridized carbons (Fsp3) is 0.429. The lowest BCUT2D eigenvalue weighted by molar-refractivity contribution is -0.141. The second-order valence-corrected chi connectivity index (χ2v) is 5.34. The van der Waals surface area contributed by atoms with Crippen molar-refractivity contribution in [2.24, 2.45) is 0 Å². The lowest BCUT2D eigenvalue weighted by Gasteiger charge is -2.23. The van der Waals surface area contributed by atoms with Crippen molar-refractivity contribution < 1.29 is 19.4 Å². The van der Waals surface area contributed by atoms with Crippen LogP contribution in [0.15, 0.2) is 18.2 Å². The van der Waals surface area contributed by atoms with Crippen molar-refractivity contribution in [2.75, 3.05) is 25.5 Å². The predicted octanol–water partition coefficient (Wildman–Crippen LogP) is 1.43. The Morgan fingerprint density at radius 1 is 1.45 bits per heavy atom. The van der Waals surface area contributed by atoms with E-state index < -0.39 is 11.5 Å². The van der Waals surface area contributed by atoms with E-state index in [0.29, 0.717) is 30.2 Å². The van der Waals surface area contributed by atoms with Crippen molar-refractivity contribution in [3.8, 4) is 5.75 Å². The number of carbonyl (C=O) groups excluding carboxylic acids is 1. The summed E-state index contributed by atoms with van der Waals surface area (Å²) in [6.07, 6.45) is 0. The molecular weight excluding hydrogens is 260 g/mol. The Morgan fingerprint density at radius 2 is 2.15 bits per heavy atom. The van der Waals surface area contributed by atoms with E-state index in [1.807, 2.05) is 0 Å². The number of aliphatic carboxylic acids is 1. The van der Waals surface area contributed by atoms with Gasteiger partial charge in [0.15, 0.2) is 0 Å². The molecule has 6 heteroatoms. The zero-order valence-electron chi connectivity index (χ0n) is 11.8. The summed E-state index contributed by atoms with van der Waals surface area (Å²) in [6.45, 7) is 4.08. The van der Waals surface area contributed by atoms with E-state index in [9.17, 15) is 9.59 Å². The monoisotopic (exact) mass is 278 g/mol. The number of carboxylic acids is 1. The molecule has 0 aliphatic carbocycles. The van der Waals surface area contributed by atoms with Crippen molar-refractivity contribution in [1.29, 1.82) is 0 Å². The van der Waals surface area contributed by atoms with Gasteiger partial charge in [0.25, 0.3) is 5.91 Å². The lowest BCUT2D eigenvalue weighted by Crippen LogP contribution is -2.39. The summed E-state index contributed by atoms with van der Waals surface area (Å²) in [7, 11) is 1.72. The molecule has 2 rings (SSSR count). The van der Waals surface area contributed by atoms with Gasteiger partial charge in [-0.3, -0.25) is 4.79 Å². The Kier molecular flexibility index (Phi) is 3.57. The van der Waals surface area contributed by atoms with Crippen molar-refractivity contribution >= 4 is 17.6 Å². The predicted molar refractivity (Wildman–Crippen MR) is 74.2 cm³/mol. The molecule has 0 bridgehead atoms. The minimum atomic E-state index is -1.10. The molecule has 1 aromatic rings. The molecule has 2 N–H and O–H groups in total. The molecule has 0 aromatic heterocycles. The van der Waals surface area contributed by atoms with Gasteiger partial charge in [0.2, 0.25) is 0 Å². The van der Waals surface area contributed by atoms with Gasteiger partial charge in [-0.2, -0.15) is 0 Å². The van der Waals surface area contributed by atoms with Gasteiger partial charge in [-0.15, -0.1) is 0 Å². The molecule has 1 aliphatic rings. The van der Waals surface area contributed by atoms with E-state index in [0.717, 1.165) is 0 Å². The summed E-state index contributed by atoms with van der Waals surface area (Å²) >= 11 is 0. The number of anilines is 1. The van der Waals surface area contributed by atoms with Crippen LogP contribution in [0.1, 0.15) is 24.2 Å². The first-order chi connectivity index (χ1) is 9.31.